The summed E-state index contributed by atoms with van der Waals surface area (Å²) in [7, 11) is 1.99. The van der Waals surface area contributed by atoms with Crippen LogP contribution in [0.1, 0.15) is 28.5 Å². The number of aryl methyl sites for hydroxylation is 1. The van der Waals surface area contributed by atoms with Gasteiger partial charge in [-0.25, -0.2) is 0 Å². The average Bonchev–Trinajstić information content (AvgIpc) is 2.85. The fourth-order valence-corrected chi connectivity index (χ4v) is 3.38. The molecule has 4 nitrogen and oxygen atoms in total. The summed E-state index contributed by atoms with van der Waals surface area (Å²) in [4.78, 5) is 2.45. The largest absolute Gasteiger partial charge is 0.484 e. The molecule has 0 bridgehead atoms. The van der Waals surface area contributed by atoms with E-state index in [-0.39, 0.29) is 6.10 Å². The number of hydrogen-bond acceptors (Lipinski definition) is 3. The molecule has 25 heavy (non-hydrogen) atoms. The van der Waals surface area contributed by atoms with Crippen molar-refractivity contribution in [3.8, 4) is 5.75 Å². The molecule has 0 saturated heterocycles. The van der Waals surface area contributed by atoms with E-state index < -0.39 is 0 Å². The first kappa shape index (κ1) is 15.9. The Kier molecular flexibility index (Phi) is 4.28. The van der Waals surface area contributed by atoms with Gasteiger partial charge >= 0.3 is 0 Å². The molecule has 1 aliphatic rings. The number of benzene rings is 2. The first-order chi connectivity index (χ1) is 12.2. The zero-order valence-electron chi connectivity index (χ0n) is 14.7. The van der Waals surface area contributed by atoms with Crippen LogP contribution in [0, 0.1) is 6.92 Å². The molecular weight excluding hydrogens is 310 g/mol. The van der Waals surface area contributed by atoms with Crippen molar-refractivity contribution in [2.75, 3.05) is 6.54 Å². The Balaban J connectivity index is 1.66. The minimum atomic E-state index is 0.0295. The van der Waals surface area contributed by atoms with E-state index in [1.165, 1.54) is 22.4 Å². The van der Waals surface area contributed by atoms with E-state index >= 15 is 0 Å². The maximum absolute atomic E-state index is 6.38. The van der Waals surface area contributed by atoms with Crippen LogP contribution in [0.25, 0.3) is 0 Å². The van der Waals surface area contributed by atoms with Crippen LogP contribution < -0.4 is 4.74 Å². The van der Waals surface area contributed by atoms with Crippen molar-refractivity contribution in [1.29, 1.82) is 0 Å². The standard InChI is InChI=1S/C21H23N3O/c1-16-19(12-22-23(16)2)14-24-13-18-10-6-7-11-20(18)25-21(15-24)17-8-4-3-5-9-17/h3-12,21H,13-15H2,1-2H3. The third-order valence-corrected chi connectivity index (χ3v) is 4.96. The summed E-state index contributed by atoms with van der Waals surface area (Å²) in [6, 6.07) is 18.8. The SMILES string of the molecule is Cc1c(CN2Cc3ccccc3OC(c3ccccc3)C2)cnn1C. The molecule has 3 aromatic rings. The Hall–Kier alpha value is -2.59. The molecule has 4 heteroatoms. The number of para-hydroxylation sites is 1. The van der Waals surface area contributed by atoms with Gasteiger partial charge in [-0.05, 0) is 18.6 Å². The third-order valence-electron chi connectivity index (χ3n) is 4.96. The van der Waals surface area contributed by atoms with Crippen LogP contribution in [0.3, 0.4) is 0 Å². The molecule has 0 radical (unpaired) electrons. The number of rotatable bonds is 3. The van der Waals surface area contributed by atoms with Crippen LogP contribution >= 0.6 is 0 Å². The van der Waals surface area contributed by atoms with Crippen molar-refractivity contribution < 1.29 is 4.74 Å². The molecule has 128 valence electrons. The maximum atomic E-state index is 6.38. The van der Waals surface area contributed by atoms with Crippen molar-refractivity contribution >= 4 is 0 Å². The van der Waals surface area contributed by atoms with Gasteiger partial charge in [-0.1, -0.05) is 48.5 Å². The van der Waals surface area contributed by atoms with Gasteiger partial charge in [0.25, 0.3) is 0 Å². The molecule has 2 heterocycles. The van der Waals surface area contributed by atoms with Gasteiger partial charge in [-0.15, -0.1) is 0 Å². The van der Waals surface area contributed by atoms with Crippen LogP contribution in [0.2, 0.25) is 0 Å². The Morgan fingerprint density at radius 2 is 1.84 bits per heavy atom. The van der Waals surface area contributed by atoms with E-state index in [0.717, 1.165) is 25.4 Å². The van der Waals surface area contributed by atoms with E-state index in [4.69, 9.17) is 4.74 Å². The molecule has 2 aromatic carbocycles. The van der Waals surface area contributed by atoms with Crippen LogP contribution in [0.15, 0.2) is 60.8 Å². The summed E-state index contributed by atoms with van der Waals surface area (Å²) in [5.41, 5.74) is 4.94. The second-order valence-electron chi connectivity index (χ2n) is 6.67. The Morgan fingerprint density at radius 1 is 1.08 bits per heavy atom. The number of hydrogen-bond donors (Lipinski definition) is 0. The second kappa shape index (κ2) is 6.73. The second-order valence-corrected chi connectivity index (χ2v) is 6.67. The first-order valence-electron chi connectivity index (χ1n) is 8.70. The molecule has 1 aromatic heterocycles. The van der Waals surface area contributed by atoms with Gasteiger partial charge in [-0.3, -0.25) is 9.58 Å². The summed E-state index contributed by atoms with van der Waals surface area (Å²) >= 11 is 0. The minimum Gasteiger partial charge on any atom is -0.484 e. The number of fused-ring (bicyclic) bond motifs is 1. The lowest BCUT2D eigenvalue weighted by atomic mass is 10.1. The smallest absolute Gasteiger partial charge is 0.136 e. The molecular formula is C21H23N3O. The molecule has 1 unspecified atom stereocenters. The van der Waals surface area contributed by atoms with Gasteiger partial charge in [0.1, 0.15) is 11.9 Å². The molecule has 0 N–H and O–H groups in total. The van der Waals surface area contributed by atoms with Gasteiger partial charge in [0, 0.05) is 43.5 Å². The Morgan fingerprint density at radius 3 is 2.60 bits per heavy atom. The Bertz CT molecular complexity index is 857. The van der Waals surface area contributed by atoms with Crippen molar-refractivity contribution in [3.63, 3.8) is 0 Å². The average molecular weight is 333 g/mol. The lowest BCUT2D eigenvalue weighted by Gasteiger charge is -2.24. The normalized spacial score (nSPS) is 17.6. The van der Waals surface area contributed by atoms with Gasteiger partial charge in [-0.2, -0.15) is 5.10 Å². The lowest BCUT2D eigenvalue weighted by molar-refractivity contribution is 0.144. The first-order valence-corrected chi connectivity index (χ1v) is 8.70. The zero-order chi connectivity index (χ0) is 17.2. The van der Waals surface area contributed by atoms with E-state index in [0.29, 0.717) is 0 Å². The highest BCUT2D eigenvalue weighted by Crippen LogP contribution is 2.31. The monoisotopic (exact) mass is 333 g/mol. The van der Waals surface area contributed by atoms with Crippen molar-refractivity contribution in [3.05, 3.63) is 83.2 Å². The molecule has 1 atom stereocenters. The van der Waals surface area contributed by atoms with E-state index in [1.54, 1.807) is 0 Å². The predicted molar refractivity (Wildman–Crippen MR) is 98.3 cm³/mol. The van der Waals surface area contributed by atoms with Crippen LogP contribution in [-0.2, 0) is 20.1 Å². The third kappa shape index (κ3) is 3.30. The fraction of sp³-hybridized carbons (Fsp3) is 0.286. The molecule has 4 rings (SSSR count). The minimum absolute atomic E-state index is 0.0295. The van der Waals surface area contributed by atoms with E-state index in [2.05, 4.69) is 59.4 Å². The molecule has 1 aliphatic heterocycles. The molecule has 0 spiro atoms. The van der Waals surface area contributed by atoms with E-state index in [9.17, 15) is 0 Å². The molecule has 0 aliphatic carbocycles. The lowest BCUT2D eigenvalue weighted by Crippen LogP contribution is -2.28. The highest BCUT2D eigenvalue weighted by Gasteiger charge is 2.24. The van der Waals surface area contributed by atoms with Crippen molar-refractivity contribution in [1.82, 2.24) is 14.7 Å². The summed E-state index contributed by atoms with van der Waals surface area (Å²) in [6.07, 6.45) is 2.01. The summed E-state index contributed by atoms with van der Waals surface area (Å²) in [6.45, 7) is 4.74. The summed E-state index contributed by atoms with van der Waals surface area (Å²) in [5, 5.41) is 4.39. The summed E-state index contributed by atoms with van der Waals surface area (Å²) in [5.74, 6) is 0.988. The van der Waals surface area contributed by atoms with Crippen LogP contribution in [0.4, 0.5) is 0 Å². The number of nitrogens with zero attached hydrogens (tertiary/aromatic N) is 3. The fourth-order valence-electron chi connectivity index (χ4n) is 3.38. The summed E-state index contributed by atoms with van der Waals surface area (Å²) < 4.78 is 8.32. The predicted octanol–water partition coefficient (Wildman–Crippen LogP) is 3.86. The van der Waals surface area contributed by atoms with Gasteiger partial charge in [0.2, 0.25) is 0 Å². The van der Waals surface area contributed by atoms with Gasteiger partial charge < -0.3 is 4.74 Å². The van der Waals surface area contributed by atoms with Crippen LogP contribution in [0.5, 0.6) is 5.75 Å². The van der Waals surface area contributed by atoms with Crippen molar-refractivity contribution in [2.24, 2.45) is 7.05 Å². The topological polar surface area (TPSA) is 30.3 Å². The van der Waals surface area contributed by atoms with Crippen LogP contribution in [-0.4, -0.2) is 21.2 Å². The van der Waals surface area contributed by atoms with E-state index in [1.807, 2.05) is 30.1 Å². The number of aromatic nitrogens is 2. The van der Waals surface area contributed by atoms with Gasteiger partial charge in [0.15, 0.2) is 0 Å². The molecule has 0 amide bonds. The maximum Gasteiger partial charge on any atom is 0.136 e. The Labute approximate surface area is 148 Å². The quantitative estimate of drug-likeness (QED) is 0.729. The molecule has 0 saturated carbocycles. The number of ether oxygens (including phenoxy) is 1. The zero-order valence-corrected chi connectivity index (χ0v) is 14.7. The van der Waals surface area contributed by atoms with Crippen molar-refractivity contribution in [2.45, 2.75) is 26.1 Å². The molecule has 0 fully saturated rings. The highest BCUT2D eigenvalue weighted by atomic mass is 16.5. The van der Waals surface area contributed by atoms with Gasteiger partial charge in [0.05, 0.1) is 6.20 Å². The highest BCUT2D eigenvalue weighted by molar-refractivity contribution is 5.35.